The predicted molar refractivity (Wildman–Crippen MR) is 125 cm³/mol. The van der Waals surface area contributed by atoms with Gasteiger partial charge in [-0.25, -0.2) is 0 Å². The van der Waals surface area contributed by atoms with E-state index in [2.05, 4.69) is 58.6 Å². The number of benzene rings is 3. The third kappa shape index (κ3) is 3.88. The first kappa shape index (κ1) is 19.6. The van der Waals surface area contributed by atoms with E-state index in [9.17, 15) is 5.11 Å². The fourth-order valence-electron chi connectivity index (χ4n) is 4.48. The fraction of sp³-hybridized carbons (Fsp3) is 0.185. The van der Waals surface area contributed by atoms with Crippen LogP contribution < -0.4 is 0 Å². The largest absolute Gasteiger partial charge is 0.396 e. The van der Waals surface area contributed by atoms with Crippen molar-refractivity contribution in [3.63, 3.8) is 0 Å². The molecule has 4 heteroatoms. The van der Waals surface area contributed by atoms with E-state index in [1.165, 1.54) is 16.3 Å². The minimum atomic E-state index is 0.0220. The molecule has 156 valence electrons. The Balaban J connectivity index is 1.57. The van der Waals surface area contributed by atoms with Crippen molar-refractivity contribution < 1.29 is 9.84 Å². The smallest absolute Gasteiger partial charge is 0.0717 e. The number of hydrogen-bond donors (Lipinski definition) is 3. The highest BCUT2D eigenvalue weighted by atomic mass is 16.5. The van der Waals surface area contributed by atoms with Gasteiger partial charge in [0.25, 0.3) is 0 Å². The number of fused-ring (bicyclic) bond motifs is 2. The molecule has 0 spiro atoms. The predicted octanol–water partition coefficient (Wildman–Crippen LogP) is 5.53. The van der Waals surface area contributed by atoms with Crippen LogP contribution in [0.3, 0.4) is 0 Å². The van der Waals surface area contributed by atoms with E-state index in [0.717, 1.165) is 27.9 Å². The molecule has 4 nitrogen and oxygen atoms in total. The molecule has 0 radical (unpaired) electrons. The molecule has 0 saturated heterocycles. The number of H-pyrrole nitrogens is 2. The van der Waals surface area contributed by atoms with Crippen LogP contribution in [0.5, 0.6) is 0 Å². The summed E-state index contributed by atoms with van der Waals surface area (Å²) in [5.74, 6) is 0.0220. The minimum absolute atomic E-state index is 0.0220. The molecule has 0 bridgehead atoms. The van der Waals surface area contributed by atoms with Crippen molar-refractivity contribution in [2.75, 3.05) is 13.2 Å². The Bertz CT molecular complexity index is 1290. The average molecular weight is 411 g/mol. The highest BCUT2D eigenvalue weighted by Gasteiger charge is 2.24. The molecule has 5 rings (SSSR count). The van der Waals surface area contributed by atoms with Crippen LogP contribution in [0.2, 0.25) is 0 Å². The lowest BCUT2D eigenvalue weighted by atomic mass is 9.92. The fourth-order valence-corrected chi connectivity index (χ4v) is 4.48. The maximum Gasteiger partial charge on any atom is 0.0717 e. The Kier molecular flexibility index (Phi) is 5.57. The second-order valence-electron chi connectivity index (χ2n) is 7.88. The summed E-state index contributed by atoms with van der Waals surface area (Å²) in [6.07, 6.45) is 2.70. The Labute approximate surface area is 181 Å². The van der Waals surface area contributed by atoms with Crippen LogP contribution in [-0.4, -0.2) is 28.3 Å². The number of rotatable bonds is 8. The van der Waals surface area contributed by atoms with E-state index >= 15 is 0 Å². The number of hydrogen-bond acceptors (Lipinski definition) is 2. The number of nitrogens with one attached hydrogen (secondary N) is 2. The first-order valence-electron chi connectivity index (χ1n) is 10.7. The quantitative estimate of drug-likeness (QED) is 0.315. The molecule has 0 saturated carbocycles. The highest BCUT2D eigenvalue weighted by Crippen LogP contribution is 2.36. The SMILES string of the molecule is OCCc1c(C(COCc2ccccc2)c2c[nH]c3ccccc23)[nH]c2ccccc12. The summed E-state index contributed by atoms with van der Waals surface area (Å²) in [5, 5.41) is 12.1. The van der Waals surface area contributed by atoms with Gasteiger partial charge in [0.2, 0.25) is 0 Å². The van der Waals surface area contributed by atoms with Crippen LogP contribution in [0.4, 0.5) is 0 Å². The molecular weight excluding hydrogens is 384 g/mol. The molecule has 31 heavy (non-hydrogen) atoms. The van der Waals surface area contributed by atoms with Gasteiger partial charge in [0.1, 0.15) is 0 Å². The normalized spacial score (nSPS) is 12.5. The van der Waals surface area contributed by atoms with Gasteiger partial charge in [0, 0.05) is 46.2 Å². The number of para-hydroxylation sites is 2. The van der Waals surface area contributed by atoms with Crippen molar-refractivity contribution in [1.82, 2.24) is 9.97 Å². The number of aromatic nitrogens is 2. The highest BCUT2D eigenvalue weighted by molar-refractivity contribution is 5.87. The molecule has 0 fully saturated rings. The van der Waals surface area contributed by atoms with Crippen molar-refractivity contribution in [2.45, 2.75) is 18.9 Å². The van der Waals surface area contributed by atoms with Crippen LogP contribution in [0.1, 0.15) is 28.3 Å². The molecule has 5 aromatic rings. The summed E-state index contributed by atoms with van der Waals surface area (Å²) in [6.45, 7) is 1.22. The first-order chi connectivity index (χ1) is 15.3. The van der Waals surface area contributed by atoms with Gasteiger partial charge < -0.3 is 19.8 Å². The van der Waals surface area contributed by atoms with Gasteiger partial charge in [-0.1, -0.05) is 66.7 Å². The van der Waals surface area contributed by atoms with E-state index in [0.29, 0.717) is 19.6 Å². The molecule has 3 N–H and O–H groups in total. The van der Waals surface area contributed by atoms with Crippen LogP contribution in [0, 0.1) is 0 Å². The third-order valence-corrected chi connectivity index (χ3v) is 5.95. The van der Waals surface area contributed by atoms with Gasteiger partial charge in [0.15, 0.2) is 0 Å². The monoisotopic (exact) mass is 410 g/mol. The van der Waals surface area contributed by atoms with Gasteiger partial charge in [-0.2, -0.15) is 0 Å². The van der Waals surface area contributed by atoms with E-state index in [4.69, 9.17) is 4.74 Å². The standard InChI is InChI=1S/C27H26N2O2/c30-15-14-22-20-10-5-7-13-26(20)29-27(22)24(18-31-17-19-8-2-1-3-9-19)23-16-28-25-12-6-4-11-21(23)25/h1-13,16,24,28-30H,14-15,17-18H2. The number of aromatic amines is 2. The maximum absolute atomic E-state index is 9.78. The molecule has 2 heterocycles. The second-order valence-corrected chi connectivity index (χ2v) is 7.88. The van der Waals surface area contributed by atoms with Gasteiger partial charge in [-0.05, 0) is 35.2 Å². The molecule has 0 aliphatic carbocycles. The topological polar surface area (TPSA) is 61.0 Å². The number of ether oxygens (including phenoxy) is 1. The van der Waals surface area contributed by atoms with Crippen LogP contribution in [0.15, 0.2) is 85.1 Å². The zero-order valence-corrected chi connectivity index (χ0v) is 17.3. The van der Waals surface area contributed by atoms with Gasteiger partial charge in [-0.15, -0.1) is 0 Å². The number of aliphatic hydroxyl groups is 1. The summed E-state index contributed by atoms with van der Waals surface area (Å²) in [4.78, 5) is 7.06. The van der Waals surface area contributed by atoms with E-state index in [1.807, 2.05) is 36.4 Å². The summed E-state index contributed by atoms with van der Waals surface area (Å²) in [6, 6.07) is 26.9. The van der Waals surface area contributed by atoms with Crippen LogP contribution in [-0.2, 0) is 17.8 Å². The molecule has 1 atom stereocenters. The zero-order chi connectivity index (χ0) is 21.0. The first-order valence-corrected chi connectivity index (χ1v) is 10.7. The Morgan fingerprint density at radius 3 is 2.32 bits per heavy atom. The van der Waals surface area contributed by atoms with Gasteiger partial charge in [0.05, 0.1) is 13.2 Å². The lowest BCUT2D eigenvalue weighted by molar-refractivity contribution is 0.113. The molecule has 0 amide bonds. The Hall–Kier alpha value is -3.34. The van der Waals surface area contributed by atoms with Gasteiger partial charge >= 0.3 is 0 Å². The molecular formula is C27H26N2O2. The maximum atomic E-state index is 9.78. The Morgan fingerprint density at radius 1 is 0.806 bits per heavy atom. The summed E-state index contributed by atoms with van der Waals surface area (Å²) in [7, 11) is 0. The average Bonchev–Trinajstić information content (AvgIpc) is 3.40. The van der Waals surface area contributed by atoms with Crippen molar-refractivity contribution in [3.8, 4) is 0 Å². The van der Waals surface area contributed by atoms with Gasteiger partial charge in [-0.3, -0.25) is 0 Å². The van der Waals surface area contributed by atoms with E-state index in [-0.39, 0.29) is 12.5 Å². The molecule has 2 aromatic heterocycles. The summed E-state index contributed by atoms with van der Waals surface area (Å²) < 4.78 is 6.24. The van der Waals surface area contributed by atoms with Crippen molar-refractivity contribution in [3.05, 3.63) is 107 Å². The molecule has 0 aliphatic heterocycles. The second kappa shape index (κ2) is 8.80. The lowest BCUT2D eigenvalue weighted by Crippen LogP contribution is -2.12. The van der Waals surface area contributed by atoms with Crippen molar-refractivity contribution in [2.24, 2.45) is 0 Å². The summed E-state index contributed by atoms with van der Waals surface area (Å²) in [5.41, 5.74) is 6.85. The molecule has 0 aliphatic rings. The van der Waals surface area contributed by atoms with Crippen LogP contribution >= 0.6 is 0 Å². The number of aliphatic hydroxyl groups excluding tert-OH is 1. The van der Waals surface area contributed by atoms with Crippen molar-refractivity contribution >= 4 is 21.8 Å². The Morgan fingerprint density at radius 2 is 1.52 bits per heavy atom. The van der Waals surface area contributed by atoms with Crippen molar-refractivity contribution in [1.29, 1.82) is 0 Å². The van der Waals surface area contributed by atoms with Crippen LogP contribution in [0.25, 0.3) is 21.8 Å². The van der Waals surface area contributed by atoms with E-state index < -0.39 is 0 Å². The zero-order valence-electron chi connectivity index (χ0n) is 17.3. The third-order valence-electron chi connectivity index (χ3n) is 5.95. The lowest BCUT2D eigenvalue weighted by Gasteiger charge is -2.18. The minimum Gasteiger partial charge on any atom is -0.396 e. The molecule has 1 unspecified atom stereocenters. The molecule has 3 aromatic carbocycles. The summed E-state index contributed by atoms with van der Waals surface area (Å²) >= 11 is 0. The van der Waals surface area contributed by atoms with E-state index in [1.54, 1.807) is 0 Å².